The van der Waals surface area contributed by atoms with E-state index in [0.29, 0.717) is 31.0 Å². The number of hydrogen-bond acceptors (Lipinski definition) is 4. The molecule has 2 saturated heterocycles. The first-order valence-corrected chi connectivity index (χ1v) is 9.56. The van der Waals surface area contributed by atoms with Crippen LogP contribution in [0, 0.1) is 0 Å². The highest BCUT2D eigenvalue weighted by atomic mass is 35.5. The third-order valence-electron chi connectivity index (χ3n) is 5.21. The van der Waals surface area contributed by atoms with Gasteiger partial charge in [-0.2, -0.15) is 5.10 Å². The van der Waals surface area contributed by atoms with Crippen molar-refractivity contribution >= 4 is 23.4 Å². The van der Waals surface area contributed by atoms with Gasteiger partial charge in [-0.05, 0) is 31.0 Å². The van der Waals surface area contributed by atoms with Crippen LogP contribution < -0.4 is 10.6 Å². The lowest BCUT2D eigenvalue weighted by Crippen LogP contribution is -2.60. The minimum Gasteiger partial charge on any atom is -0.343 e. The van der Waals surface area contributed by atoms with E-state index in [1.165, 1.54) is 0 Å². The Labute approximate surface area is 162 Å². The Bertz CT molecular complexity index is 867. The van der Waals surface area contributed by atoms with Crippen molar-refractivity contribution in [3.8, 4) is 5.69 Å². The van der Waals surface area contributed by atoms with E-state index in [-0.39, 0.29) is 29.9 Å². The average molecular weight is 388 g/mol. The third-order valence-corrected chi connectivity index (χ3v) is 5.45. The zero-order chi connectivity index (χ0) is 19.0. The van der Waals surface area contributed by atoms with Gasteiger partial charge in [-0.25, -0.2) is 4.68 Å². The molecule has 0 radical (unpaired) electrons. The summed E-state index contributed by atoms with van der Waals surface area (Å²) in [6, 6.07) is 6.86. The molecule has 0 bridgehead atoms. The number of aromatic nitrogens is 2. The molecule has 2 fully saturated rings. The van der Waals surface area contributed by atoms with Crippen molar-refractivity contribution in [1.29, 1.82) is 0 Å². The molecular weight excluding hydrogens is 366 g/mol. The lowest BCUT2D eigenvalue weighted by Gasteiger charge is -2.33. The quantitative estimate of drug-likeness (QED) is 0.814. The highest BCUT2D eigenvalue weighted by Gasteiger charge is 2.45. The number of nitrogens with one attached hydrogen (secondary N) is 2. The second-order valence-electron chi connectivity index (χ2n) is 7.06. The van der Waals surface area contributed by atoms with Gasteiger partial charge in [0.1, 0.15) is 12.1 Å². The molecule has 1 aromatic heterocycles. The van der Waals surface area contributed by atoms with Crippen LogP contribution in [0.4, 0.5) is 0 Å². The summed E-state index contributed by atoms with van der Waals surface area (Å²) in [5.74, 6) is -0.0142. The molecule has 2 aliphatic rings. The Morgan fingerprint density at radius 2 is 2.22 bits per heavy atom. The number of carbonyl (C=O) groups excluding carboxylic acids is 2. The van der Waals surface area contributed by atoms with Crippen LogP contribution in [0.3, 0.4) is 0 Å². The molecule has 3 heterocycles. The summed E-state index contributed by atoms with van der Waals surface area (Å²) in [4.78, 5) is 26.4. The Morgan fingerprint density at radius 1 is 1.37 bits per heavy atom. The summed E-state index contributed by atoms with van der Waals surface area (Å²) in [5, 5.41) is 11.3. The predicted octanol–water partition coefficient (Wildman–Crippen LogP) is 1.49. The van der Waals surface area contributed by atoms with Gasteiger partial charge in [0.05, 0.1) is 11.9 Å². The normalized spacial score (nSPS) is 24.8. The first-order chi connectivity index (χ1) is 13.0. The molecule has 27 heavy (non-hydrogen) atoms. The Balaban J connectivity index is 1.38. The maximum atomic E-state index is 12.5. The van der Waals surface area contributed by atoms with Gasteiger partial charge in [0.25, 0.3) is 0 Å². The predicted molar refractivity (Wildman–Crippen MR) is 102 cm³/mol. The van der Waals surface area contributed by atoms with Gasteiger partial charge in [-0.3, -0.25) is 9.59 Å². The van der Waals surface area contributed by atoms with Crippen LogP contribution in [-0.2, 0) is 16.1 Å². The lowest BCUT2D eigenvalue weighted by molar-refractivity contribution is -0.147. The molecule has 7 nitrogen and oxygen atoms in total. The fourth-order valence-electron chi connectivity index (χ4n) is 3.76. The van der Waals surface area contributed by atoms with Crippen LogP contribution in [0.25, 0.3) is 5.69 Å². The van der Waals surface area contributed by atoms with Gasteiger partial charge in [0, 0.05) is 35.9 Å². The standard InChI is InChI=1S/C19H22ClN5O2/c1-2-16-19(27)24-11-14(7-17(24)18(26)23-16)21-8-12-9-22-25(10-12)15-5-3-4-13(20)6-15/h3-6,9-10,14,16-17,21H,2,7-8,11H2,1H3,(H,23,26)/t14-,16-,17-/m0/s1. The van der Waals surface area contributed by atoms with Gasteiger partial charge in [-0.15, -0.1) is 0 Å². The van der Waals surface area contributed by atoms with Crippen molar-refractivity contribution in [2.75, 3.05) is 6.54 Å². The minimum atomic E-state index is -0.386. The zero-order valence-electron chi connectivity index (χ0n) is 15.1. The molecule has 0 unspecified atom stereocenters. The SMILES string of the molecule is CC[C@@H]1NC(=O)[C@@H]2C[C@H](NCc3cnn(-c4cccc(Cl)c4)c3)CN2C1=O. The van der Waals surface area contributed by atoms with Crippen LogP contribution in [-0.4, -0.2) is 51.2 Å². The highest BCUT2D eigenvalue weighted by molar-refractivity contribution is 6.30. The fraction of sp³-hybridized carbons (Fsp3) is 0.421. The maximum Gasteiger partial charge on any atom is 0.245 e. The van der Waals surface area contributed by atoms with E-state index in [9.17, 15) is 9.59 Å². The summed E-state index contributed by atoms with van der Waals surface area (Å²) in [6.45, 7) is 3.10. The van der Waals surface area contributed by atoms with Crippen molar-refractivity contribution in [2.24, 2.45) is 0 Å². The van der Waals surface area contributed by atoms with Crippen LogP contribution >= 0.6 is 11.6 Å². The molecule has 3 atom stereocenters. The van der Waals surface area contributed by atoms with Gasteiger partial charge < -0.3 is 15.5 Å². The molecule has 0 aliphatic carbocycles. The molecule has 2 aromatic rings. The van der Waals surface area contributed by atoms with E-state index < -0.39 is 0 Å². The first kappa shape index (κ1) is 18.0. The molecular formula is C19H22ClN5O2. The number of halogens is 1. The monoisotopic (exact) mass is 387 g/mol. The summed E-state index contributed by atoms with van der Waals surface area (Å²) in [7, 11) is 0. The van der Waals surface area contributed by atoms with Crippen LogP contribution in [0.15, 0.2) is 36.7 Å². The second-order valence-corrected chi connectivity index (χ2v) is 7.50. The van der Waals surface area contributed by atoms with Gasteiger partial charge in [-0.1, -0.05) is 24.6 Å². The molecule has 1 aromatic carbocycles. The van der Waals surface area contributed by atoms with Gasteiger partial charge >= 0.3 is 0 Å². The largest absolute Gasteiger partial charge is 0.343 e. The van der Waals surface area contributed by atoms with E-state index in [4.69, 9.17) is 11.6 Å². The van der Waals surface area contributed by atoms with Crippen molar-refractivity contribution < 1.29 is 9.59 Å². The van der Waals surface area contributed by atoms with E-state index in [2.05, 4.69) is 15.7 Å². The molecule has 2 aliphatic heterocycles. The molecule has 2 amide bonds. The van der Waals surface area contributed by atoms with E-state index in [1.54, 1.807) is 15.8 Å². The van der Waals surface area contributed by atoms with E-state index in [0.717, 1.165) is 11.3 Å². The topological polar surface area (TPSA) is 79.3 Å². The molecule has 0 spiro atoms. The number of benzene rings is 1. The van der Waals surface area contributed by atoms with Crippen molar-refractivity contribution in [1.82, 2.24) is 25.3 Å². The van der Waals surface area contributed by atoms with E-state index in [1.807, 2.05) is 37.4 Å². The average Bonchev–Trinajstić information content (AvgIpc) is 3.30. The van der Waals surface area contributed by atoms with Gasteiger partial charge in [0.2, 0.25) is 11.8 Å². The summed E-state index contributed by atoms with van der Waals surface area (Å²) in [5.41, 5.74) is 1.93. The number of fused-ring (bicyclic) bond motifs is 1. The van der Waals surface area contributed by atoms with Gasteiger partial charge in [0.15, 0.2) is 0 Å². The smallest absolute Gasteiger partial charge is 0.245 e. The number of piperazine rings is 1. The van der Waals surface area contributed by atoms with Crippen molar-refractivity contribution in [2.45, 2.75) is 44.4 Å². The number of hydrogen-bond donors (Lipinski definition) is 2. The summed E-state index contributed by atoms with van der Waals surface area (Å²) >= 11 is 6.03. The molecule has 142 valence electrons. The Morgan fingerprint density at radius 3 is 3.00 bits per heavy atom. The second kappa shape index (κ2) is 7.32. The number of rotatable bonds is 5. The zero-order valence-corrected chi connectivity index (χ0v) is 15.8. The number of amides is 2. The molecule has 0 saturated carbocycles. The first-order valence-electron chi connectivity index (χ1n) is 9.19. The molecule has 4 rings (SSSR count). The maximum absolute atomic E-state index is 12.5. The fourth-order valence-corrected chi connectivity index (χ4v) is 3.94. The van der Waals surface area contributed by atoms with Crippen LogP contribution in [0.2, 0.25) is 5.02 Å². The molecule has 2 N–H and O–H groups in total. The number of nitrogens with zero attached hydrogens (tertiary/aromatic N) is 3. The highest BCUT2D eigenvalue weighted by Crippen LogP contribution is 2.24. The van der Waals surface area contributed by atoms with Crippen molar-refractivity contribution in [3.63, 3.8) is 0 Å². The summed E-state index contributed by atoms with van der Waals surface area (Å²) < 4.78 is 1.78. The Hall–Kier alpha value is -2.38. The van der Waals surface area contributed by atoms with E-state index >= 15 is 0 Å². The number of carbonyl (C=O) groups is 2. The van der Waals surface area contributed by atoms with Crippen molar-refractivity contribution in [3.05, 3.63) is 47.2 Å². The molecule has 8 heteroatoms. The van der Waals surface area contributed by atoms with Crippen LogP contribution in [0.1, 0.15) is 25.3 Å². The minimum absolute atomic E-state index is 0.0279. The lowest BCUT2D eigenvalue weighted by atomic mass is 10.1. The Kier molecular flexibility index (Phi) is 4.88. The summed E-state index contributed by atoms with van der Waals surface area (Å²) in [6.07, 6.45) is 5.01. The third kappa shape index (κ3) is 3.57. The van der Waals surface area contributed by atoms with Crippen LogP contribution in [0.5, 0.6) is 0 Å².